The number of hydrogen-bond acceptors (Lipinski definition) is 4. The van der Waals surface area contributed by atoms with Crippen molar-refractivity contribution in [3.8, 4) is 5.75 Å². The van der Waals surface area contributed by atoms with Crippen LogP contribution >= 0.6 is 0 Å². The summed E-state index contributed by atoms with van der Waals surface area (Å²) in [6, 6.07) is 3.43. The van der Waals surface area contributed by atoms with Crippen molar-refractivity contribution >= 4 is 11.9 Å². The predicted molar refractivity (Wildman–Crippen MR) is 80.8 cm³/mol. The molecule has 2 heterocycles. The van der Waals surface area contributed by atoms with Gasteiger partial charge in [0.2, 0.25) is 0 Å². The van der Waals surface area contributed by atoms with Gasteiger partial charge < -0.3 is 14.7 Å². The van der Waals surface area contributed by atoms with E-state index >= 15 is 0 Å². The molecule has 1 aromatic heterocycles. The smallest absolute Gasteiger partial charge is 0.308 e. The Morgan fingerprint density at radius 3 is 2.77 bits per heavy atom. The Kier molecular flexibility index (Phi) is 5.00. The van der Waals surface area contributed by atoms with E-state index in [0.29, 0.717) is 18.7 Å². The fraction of sp³-hybridized carbons (Fsp3) is 0.562. The molecule has 0 bridgehead atoms. The van der Waals surface area contributed by atoms with E-state index < -0.39 is 11.9 Å². The molecule has 2 atom stereocenters. The van der Waals surface area contributed by atoms with Crippen LogP contribution in [0.5, 0.6) is 5.75 Å². The molecule has 1 fully saturated rings. The van der Waals surface area contributed by atoms with Gasteiger partial charge in [0.05, 0.1) is 12.0 Å². The first kappa shape index (κ1) is 16.3. The van der Waals surface area contributed by atoms with E-state index in [1.807, 2.05) is 20.8 Å². The van der Waals surface area contributed by atoms with Gasteiger partial charge in [-0.25, -0.2) is 4.98 Å². The van der Waals surface area contributed by atoms with Gasteiger partial charge in [-0.15, -0.1) is 0 Å². The Bertz CT molecular complexity index is 559. The van der Waals surface area contributed by atoms with E-state index in [9.17, 15) is 14.7 Å². The molecule has 0 spiro atoms. The first-order chi connectivity index (χ1) is 10.4. The van der Waals surface area contributed by atoms with Crippen LogP contribution in [0.1, 0.15) is 37.7 Å². The van der Waals surface area contributed by atoms with Gasteiger partial charge in [-0.3, -0.25) is 9.59 Å². The molecule has 1 saturated heterocycles. The molecule has 0 radical (unpaired) electrons. The van der Waals surface area contributed by atoms with E-state index in [-0.39, 0.29) is 30.2 Å². The largest absolute Gasteiger partial charge is 0.489 e. The number of rotatable bonds is 4. The maximum Gasteiger partial charge on any atom is 0.308 e. The zero-order valence-electron chi connectivity index (χ0n) is 13.2. The highest BCUT2D eigenvalue weighted by molar-refractivity contribution is 5.95. The molecule has 1 aliphatic heterocycles. The lowest BCUT2D eigenvalue weighted by Crippen LogP contribution is -2.45. The van der Waals surface area contributed by atoms with Gasteiger partial charge >= 0.3 is 5.97 Å². The van der Waals surface area contributed by atoms with Crippen LogP contribution in [0.15, 0.2) is 18.3 Å². The third-order valence-electron chi connectivity index (χ3n) is 3.63. The molecular weight excluding hydrogens is 284 g/mol. The molecule has 1 aromatic rings. The summed E-state index contributed by atoms with van der Waals surface area (Å²) in [5.41, 5.74) is 0.245. The summed E-state index contributed by atoms with van der Waals surface area (Å²) < 4.78 is 5.63. The van der Waals surface area contributed by atoms with Crippen molar-refractivity contribution in [2.75, 3.05) is 13.1 Å². The van der Waals surface area contributed by atoms with Crippen LogP contribution in [0.25, 0.3) is 0 Å². The molecule has 6 heteroatoms. The number of carboxylic acid groups (broad SMARTS) is 1. The number of carboxylic acids is 1. The molecule has 0 saturated carbocycles. The van der Waals surface area contributed by atoms with E-state index in [0.717, 1.165) is 0 Å². The van der Waals surface area contributed by atoms with Crippen molar-refractivity contribution in [2.24, 2.45) is 11.8 Å². The Labute approximate surface area is 130 Å². The summed E-state index contributed by atoms with van der Waals surface area (Å²) in [6.45, 7) is 6.48. The molecule has 6 nitrogen and oxygen atoms in total. The number of pyridine rings is 1. The van der Waals surface area contributed by atoms with Crippen LogP contribution in [-0.4, -0.2) is 46.1 Å². The van der Waals surface area contributed by atoms with Gasteiger partial charge in [0, 0.05) is 19.3 Å². The summed E-state index contributed by atoms with van der Waals surface area (Å²) in [5, 5.41) is 9.22. The van der Waals surface area contributed by atoms with Gasteiger partial charge in [0.25, 0.3) is 5.91 Å². The second kappa shape index (κ2) is 6.77. The van der Waals surface area contributed by atoms with Gasteiger partial charge in [0.15, 0.2) is 11.4 Å². The number of hydrogen-bond donors (Lipinski definition) is 1. The normalized spacial score (nSPS) is 21.7. The summed E-state index contributed by atoms with van der Waals surface area (Å²) >= 11 is 0. The monoisotopic (exact) mass is 306 g/mol. The van der Waals surface area contributed by atoms with Crippen molar-refractivity contribution in [1.29, 1.82) is 0 Å². The molecule has 22 heavy (non-hydrogen) atoms. The van der Waals surface area contributed by atoms with E-state index in [1.54, 1.807) is 23.2 Å². The number of carbonyl (C=O) groups is 2. The lowest BCUT2D eigenvalue weighted by molar-refractivity contribution is -0.143. The minimum absolute atomic E-state index is 0.0669. The summed E-state index contributed by atoms with van der Waals surface area (Å²) in [5.74, 6) is -1.06. The standard InChI is InChI=1S/C16H22N2O4/c1-10(2)22-13-5-4-6-17-14(13)15(19)18-8-11(3)7-12(9-18)16(20)21/h4-6,10-12H,7-9H2,1-3H3,(H,20,21). The molecular formula is C16H22N2O4. The maximum atomic E-state index is 12.7. The molecule has 1 N–H and O–H groups in total. The van der Waals surface area contributed by atoms with Crippen LogP contribution in [0, 0.1) is 11.8 Å². The average molecular weight is 306 g/mol. The number of likely N-dealkylation sites (tertiary alicyclic amines) is 1. The van der Waals surface area contributed by atoms with Crippen molar-refractivity contribution < 1.29 is 19.4 Å². The van der Waals surface area contributed by atoms with Crippen molar-refractivity contribution in [3.63, 3.8) is 0 Å². The third kappa shape index (κ3) is 3.75. The number of piperidine rings is 1. The van der Waals surface area contributed by atoms with Crippen molar-refractivity contribution in [1.82, 2.24) is 9.88 Å². The molecule has 0 aromatic carbocycles. The zero-order valence-corrected chi connectivity index (χ0v) is 13.2. The first-order valence-electron chi connectivity index (χ1n) is 7.52. The Morgan fingerprint density at radius 1 is 1.41 bits per heavy atom. The lowest BCUT2D eigenvalue weighted by atomic mass is 9.90. The van der Waals surface area contributed by atoms with E-state index in [1.165, 1.54) is 0 Å². The number of aliphatic carboxylic acids is 1. The molecule has 2 rings (SSSR count). The summed E-state index contributed by atoms with van der Waals surface area (Å²) in [6.07, 6.45) is 2.07. The Balaban J connectivity index is 2.22. The van der Waals surface area contributed by atoms with Gasteiger partial charge in [0.1, 0.15) is 0 Å². The number of carbonyl (C=O) groups excluding carboxylic acids is 1. The average Bonchev–Trinajstić information content (AvgIpc) is 2.45. The number of nitrogens with zero attached hydrogens (tertiary/aromatic N) is 2. The maximum absolute atomic E-state index is 12.7. The van der Waals surface area contributed by atoms with Crippen molar-refractivity contribution in [3.05, 3.63) is 24.0 Å². The Morgan fingerprint density at radius 2 is 2.14 bits per heavy atom. The summed E-state index contributed by atoms with van der Waals surface area (Å²) in [4.78, 5) is 29.7. The molecule has 0 aliphatic carbocycles. The minimum atomic E-state index is -0.857. The molecule has 120 valence electrons. The lowest BCUT2D eigenvalue weighted by Gasteiger charge is -2.34. The highest BCUT2D eigenvalue weighted by atomic mass is 16.5. The van der Waals surface area contributed by atoms with Gasteiger partial charge in [-0.1, -0.05) is 6.92 Å². The zero-order chi connectivity index (χ0) is 16.3. The first-order valence-corrected chi connectivity index (χ1v) is 7.52. The SMILES string of the molecule is CC1CC(C(=O)O)CN(C(=O)c2ncccc2OC(C)C)C1. The van der Waals surface area contributed by atoms with Crippen LogP contribution in [0.2, 0.25) is 0 Å². The highest BCUT2D eigenvalue weighted by Crippen LogP contribution is 2.25. The fourth-order valence-electron chi connectivity index (χ4n) is 2.75. The third-order valence-corrected chi connectivity index (χ3v) is 3.63. The van der Waals surface area contributed by atoms with Gasteiger partial charge in [-0.05, 0) is 38.3 Å². The van der Waals surface area contributed by atoms with Crippen LogP contribution in [0.3, 0.4) is 0 Å². The molecule has 1 aliphatic rings. The summed E-state index contributed by atoms with van der Waals surface area (Å²) in [7, 11) is 0. The highest BCUT2D eigenvalue weighted by Gasteiger charge is 2.33. The minimum Gasteiger partial charge on any atom is -0.489 e. The van der Waals surface area contributed by atoms with Crippen LogP contribution < -0.4 is 4.74 Å². The number of aromatic nitrogens is 1. The van der Waals surface area contributed by atoms with E-state index in [4.69, 9.17) is 4.74 Å². The van der Waals surface area contributed by atoms with Crippen LogP contribution in [0.4, 0.5) is 0 Å². The topological polar surface area (TPSA) is 79.7 Å². The second-order valence-electron chi connectivity index (χ2n) is 6.10. The van der Waals surface area contributed by atoms with E-state index in [2.05, 4.69) is 4.98 Å². The fourth-order valence-corrected chi connectivity index (χ4v) is 2.75. The Hall–Kier alpha value is -2.11. The predicted octanol–water partition coefficient (Wildman–Crippen LogP) is 2.05. The van der Waals surface area contributed by atoms with Crippen LogP contribution in [-0.2, 0) is 4.79 Å². The molecule has 1 amide bonds. The quantitative estimate of drug-likeness (QED) is 0.921. The van der Waals surface area contributed by atoms with Gasteiger partial charge in [-0.2, -0.15) is 0 Å². The number of amides is 1. The van der Waals surface area contributed by atoms with Crippen molar-refractivity contribution in [2.45, 2.75) is 33.3 Å². The second-order valence-corrected chi connectivity index (χ2v) is 6.10. The molecule has 2 unspecified atom stereocenters. The number of ether oxygens (including phenoxy) is 1.